The number of thioether (sulfide) groups is 2. The van der Waals surface area contributed by atoms with Gasteiger partial charge in [0.05, 0.1) is 15.3 Å². The van der Waals surface area contributed by atoms with Crippen molar-refractivity contribution in [2.75, 3.05) is 31.1 Å². The summed E-state index contributed by atoms with van der Waals surface area (Å²) < 4.78 is 33.0. The van der Waals surface area contributed by atoms with E-state index in [2.05, 4.69) is 11.5 Å². The van der Waals surface area contributed by atoms with Gasteiger partial charge < -0.3 is 10.0 Å². The van der Waals surface area contributed by atoms with Crippen molar-refractivity contribution in [2.45, 2.75) is 19.4 Å². The van der Waals surface area contributed by atoms with Crippen LogP contribution in [0.4, 0.5) is 0 Å². The molecular formula is C20H23N3O7S5. The average molecular weight is 578 g/mol. The van der Waals surface area contributed by atoms with Crippen LogP contribution in [0.15, 0.2) is 28.6 Å². The van der Waals surface area contributed by atoms with Gasteiger partial charge in [-0.05, 0) is 25.0 Å². The molecule has 1 aromatic heterocycles. The lowest BCUT2D eigenvalue weighted by molar-refractivity contribution is -0.140. The second-order valence-electron chi connectivity index (χ2n) is 7.46. The molecule has 0 bridgehead atoms. The molecule has 0 spiro atoms. The molecule has 2 aliphatic rings. The van der Waals surface area contributed by atoms with Crippen molar-refractivity contribution in [3.05, 3.63) is 43.3 Å². The Balaban J connectivity index is 1.92. The van der Waals surface area contributed by atoms with Gasteiger partial charge in [0.2, 0.25) is 0 Å². The lowest BCUT2D eigenvalue weighted by Gasteiger charge is -2.18. The van der Waals surface area contributed by atoms with Crippen LogP contribution in [0.3, 0.4) is 0 Å². The summed E-state index contributed by atoms with van der Waals surface area (Å²) in [6.07, 6.45) is 6.00. The molecule has 35 heavy (non-hydrogen) atoms. The number of nitrogens with zero attached hydrogens (tertiary/aromatic N) is 3. The van der Waals surface area contributed by atoms with Crippen molar-refractivity contribution < 1.29 is 27.7 Å². The molecule has 1 amide bonds. The molecular weight excluding hydrogens is 555 g/mol. The largest absolute Gasteiger partial charge is 0.480 e. The average Bonchev–Trinajstić information content (AvgIpc) is 3.42. The van der Waals surface area contributed by atoms with Crippen LogP contribution >= 0.6 is 47.1 Å². The maximum absolute atomic E-state index is 13.1. The molecule has 10 nitrogen and oxygen atoms in total. The summed E-state index contributed by atoms with van der Waals surface area (Å²) >= 11 is 8.88. The third-order valence-electron chi connectivity index (χ3n) is 4.94. The third-order valence-corrected chi connectivity index (χ3v) is 9.53. The molecule has 0 unspecified atom stereocenters. The number of carbonyl (C=O) groups is 2. The van der Waals surface area contributed by atoms with Gasteiger partial charge in [-0.15, -0.1) is 29.7 Å². The van der Waals surface area contributed by atoms with Crippen LogP contribution in [0.5, 0.6) is 0 Å². The van der Waals surface area contributed by atoms with Gasteiger partial charge in [-0.3, -0.25) is 28.4 Å². The van der Waals surface area contributed by atoms with E-state index in [4.69, 9.17) is 21.9 Å². The first-order valence-corrected chi connectivity index (χ1v) is 15.0. The van der Waals surface area contributed by atoms with E-state index in [0.717, 1.165) is 45.3 Å². The molecule has 0 atom stereocenters. The van der Waals surface area contributed by atoms with E-state index in [1.165, 1.54) is 4.57 Å². The number of allylic oxidation sites excluding steroid dienone is 2. The van der Waals surface area contributed by atoms with Crippen molar-refractivity contribution in [1.29, 1.82) is 0 Å². The molecule has 0 aliphatic carbocycles. The molecule has 0 radical (unpaired) electrons. The molecule has 2 aliphatic heterocycles. The van der Waals surface area contributed by atoms with Crippen molar-refractivity contribution in [2.24, 2.45) is 0 Å². The SMILES string of the molecule is C=CCn1c(=O)/c(=C/C=C2\SCCN2CCCCS(=O)(=O)O)s/c1=C1\SC(=S)N(CC(=O)O)C1=O. The van der Waals surface area contributed by atoms with Gasteiger partial charge in [-0.2, -0.15) is 8.42 Å². The van der Waals surface area contributed by atoms with Gasteiger partial charge in [0.1, 0.15) is 20.4 Å². The maximum Gasteiger partial charge on any atom is 0.323 e. The number of hydrogen-bond acceptors (Lipinski definition) is 10. The number of aromatic nitrogens is 1. The highest BCUT2D eigenvalue weighted by atomic mass is 32.2. The van der Waals surface area contributed by atoms with Crippen LogP contribution in [0.1, 0.15) is 12.8 Å². The van der Waals surface area contributed by atoms with Gasteiger partial charge in [-0.1, -0.05) is 30.1 Å². The summed E-state index contributed by atoms with van der Waals surface area (Å²) in [5, 5.41) is 10.00. The first-order chi connectivity index (χ1) is 16.5. The highest BCUT2D eigenvalue weighted by Crippen LogP contribution is 2.31. The zero-order valence-electron chi connectivity index (χ0n) is 18.4. The second-order valence-corrected chi connectivity index (χ2v) is 12.8. The summed E-state index contributed by atoms with van der Waals surface area (Å²) in [6, 6.07) is 0. The number of carboxylic acid groups (broad SMARTS) is 1. The number of carbonyl (C=O) groups excluding carboxylic acids is 1. The Hall–Kier alpha value is -1.91. The summed E-state index contributed by atoms with van der Waals surface area (Å²) in [7, 11) is -3.97. The summed E-state index contributed by atoms with van der Waals surface area (Å²) in [6.45, 7) is 4.71. The van der Waals surface area contributed by atoms with Crippen molar-refractivity contribution >= 4 is 84.4 Å². The molecule has 0 aromatic carbocycles. The minimum atomic E-state index is -3.97. The van der Waals surface area contributed by atoms with Crippen molar-refractivity contribution in [1.82, 2.24) is 14.4 Å². The zero-order valence-corrected chi connectivity index (χ0v) is 22.5. The van der Waals surface area contributed by atoms with E-state index in [1.54, 1.807) is 23.9 Å². The lowest BCUT2D eigenvalue weighted by Crippen LogP contribution is -2.35. The van der Waals surface area contributed by atoms with Crippen LogP contribution < -0.4 is 14.8 Å². The summed E-state index contributed by atoms with van der Waals surface area (Å²) in [5.41, 5.74) is -0.298. The van der Waals surface area contributed by atoms with E-state index >= 15 is 0 Å². The van der Waals surface area contributed by atoms with E-state index in [-0.39, 0.29) is 27.1 Å². The Morgan fingerprint density at radius 1 is 1.23 bits per heavy atom. The van der Waals surface area contributed by atoms with Gasteiger partial charge in [0.15, 0.2) is 0 Å². The monoisotopic (exact) mass is 577 g/mol. The predicted molar refractivity (Wildman–Crippen MR) is 143 cm³/mol. The Labute approximate surface area is 219 Å². The van der Waals surface area contributed by atoms with Crippen LogP contribution in [0.25, 0.3) is 11.0 Å². The van der Waals surface area contributed by atoms with E-state index in [0.29, 0.717) is 28.6 Å². The van der Waals surface area contributed by atoms with Gasteiger partial charge in [0.25, 0.3) is 21.6 Å². The highest BCUT2D eigenvalue weighted by molar-refractivity contribution is 8.30. The summed E-state index contributed by atoms with van der Waals surface area (Å²) in [4.78, 5) is 40.3. The molecule has 0 saturated carbocycles. The predicted octanol–water partition coefficient (Wildman–Crippen LogP) is 0.488. The first kappa shape index (κ1) is 27.7. The first-order valence-electron chi connectivity index (χ1n) is 10.4. The Morgan fingerprint density at radius 3 is 2.63 bits per heavy atom. The molecule has 1 aromatic rings. The fourth-order valence-electron chi connectivity index (χ4n) is 3.37. The molecule has 2 saturated heterocycles. The zero-order chi connectivity index (χ0) is 25.8. The Kier molecular flexibility index (Phi) is 9.40. The highest BCUT2D eigenvalue weighted by Gasteiger charge is 2.35. The fraction of sp³-hybridized carbons (Fsp3) is 0.400. The number of thiazole rings is 1. The number of carboxylic acids is 1. The van der Waals surface area contributed by atoms with Crippen LogP contribution in [0.2, 0.25) is 0 Å². The second kappa shape index (κ2) is 11.9. The molecule has 2 N–H and O–H groups in total. The number of thiocarbonyl (C=S) groups is 1. The minimum absolute atomic E-state index is 0.123. The molecule has 15 heteroatoms. The third kappa shape index (κ3) is 7.07. The summed E-state index contributed by atoms with van der Waals surface area (Å²) in [5.74, 6) is -1.15. The normalized spacial score (nSPS) is 19.9. The Bertz CT molecular complexity index is 1360. The van der Waals surface area contributed by atoms with E-state index in [9.17, 15) is 22.8 Å². The quantitative estimate of drug-likeness (QED) is 0.174. The van der Waals surface area contributed by atoms with Crippen LogP contribution in [-0.2, 0) is 26.3 Å². The van der Waals surface area contributed by atoms with Gasteiger partial charge in [-0.25, -0.2) is 0 Å². The van der Waals surface area contributed by atoms with Crippen LogP contribution in [-0.4, -0.2) is 79.8 Å². The smallest absolute Gasteiger partial charge is 0.323 e. The van der Waals surface area contributed by atoms with E-state index < -0.39 is 28.5 Å². The number of unbranched alkanes of at least 4 members (excludes halogenated alkanes) is 1. The number of aliphatic carboxylic acids is 1. The lowest BCUT2D eigenvalue weighted by atomic mass is 10.3. The topological polar surface area (TPSA) is 137 Å². The van der Waals surface area contributed by atoms with Crippen molar-refractivity contribution in [3.8, 4) is 0 Å². The number of hydrogen-bond donors (Lipinski definition) is 2. The molecule has 190 valence electrons. The van der Waals surface area contributed by atoms with Crippen LogP contribution in [0, 0.1) is 0 Å². The van der Waals surface area contributed by atoms with Gasteiger partial charge in [0, 0.05) is 25.4 Å². The standard InChI is InChI=1S/C20H23N3O7S5/c1-2-7-22-17(26)13(33-19(22)16-18(27)23(12-15(24)25)20(31)34-16)5-6-14-21(9-10-32-14)8-3-4-11-35(28,29)30/h2,5-6H,1,3-4,7-12H2,(H,24,25)(H,28,29,30)/b13-5-,14-6-,19-16-. The number of amides is 1. The Morgan fingerprint density at radius 2 is 1.97 bits per heavy atom. The van der Waals surface area contributed by atoms with Gasteiger partial charge >= 0.3 is 5.97 Å². The molecule has 3 heterocycles. The molecule has 2 fully saturated rings. The minimum Gasteiger partial charge on any atom is -0.480 e. The maximum atomic E-state index is 13.1. The number of rotatable bonds is 10. The fourth-order valence-corrected chi connectivity index (χ4v) is 7.45. The van der Waals surface area contributed by atoms with E-state index in [1.807, 2.05) is 6.08 Å². The molecule has 3 rings (SSSR count). The van der Waals surface area contributed by atoms with Crippen molar-refractivity contribution in [3.63, 3.8) is 0 Å².